The molecular formula is C26H24N4O7. The van der Waals surface area contributed by atoms with E-state index in [1.807, 2.05) is 13.8 Å². The van der Waals surface area contributed by atoms with Crippen LogP contribution in [0.15, 0.2) is 70.5 Å². The molecule has 0 amide bonds. The number of rotatable bonds is 6. The average molecular weight is 504 g/mol. The molecule has 11 nitrogen and oxygen atoms in total. The molecule has 0 aliphatic carbocycles. The molecule has 3 heterocycles. The van der Waals surface area contributed by atoms with Crippen molar-refractivity contribution >= 4 is 17.7 Å². The van der Waals surface area contributed by atoms with E-state index in [0.717, 1.165) is 11.1 Å². The summed E-state index contributed by atoms with van der Waals surface area (Å²) in [5.74, 6) is -1.07. The SMILES string of the molecule is Cc1ccc(C(=O)OC[C@H]2O[C@@H](n3c(=O)[nH]c(=O)n4ccnc34)C[C@@H]2OC(=O)c2ccc(C)cc2)cc1. The van der Waals surface area contributed by atoms with Gasteiger partial charge < -0.3 is 14.2 Å². The second kappa shape index (κ2) is 9.86. The van der Waals surface area contributed by atoms with Crippen LogP contribution in [0.4, 0.5) is 0 Å². The van der Waals surface area contributed by atoms with Gasteiger partial charge in [-0.2, -0.15) is 0 Å². The molecule has 11 heteroatoms. The Balaban J connectivity index is 1.40. The van der Waals surface area contributed by atoms with Crippen LogP contribution in [0.25, 0.3) is 5.78 Å². The maximum atomic E-state index is 12.9. The summed E-state index contributed by atoms with van der Waals surface area (Å²) in [6.07, 6.45) is 0.202. The van der Waals surface area contributed by atoms with Gasteiger partial charge in [-0.3, -0.25) is 4.98 Å². The molecule has 0 bridgehead atoms. The highest BCUT2D eigenvalue weighted by atomic mass is 16.6. The highest BCUT2D eigenvalue weighted by Crippen LogP contribution is 2.31. The Morgan fingerprint density at radius 3 is 2.24 bits per heavy atom. The van der Waals surface area contributed by atoms with Gasteiger partial charge in [0.15, 0.2) is 0 Å². The lowest BCUT2D eigenvalue weighted by molar-refractivity contribution is -0.0575. The lowest BCUT2D eigenvalue weighted by atomic mass is 10.1. The Morgan fingerprint density at radius 1 is 0.973 bits per heavy atom. The highest BCUT2D eigenvalue weighted by Gasteiger charge is 2.41. The Kier molecular flexibility index (Phi) is 6.45. The van der Waals surface area contributed by atoms with Gasteiger partial charge in [0, 0.05) is 18.8 Å². The summed E-state index contributed by atoms with van der Waals surface area (Å²) in [7, 11) is 0. The van der Waals surface area contributed by atoms with E-state index in [9.17, 15) is 19.2 Å². The van der Waals surface area contributed by atoms with Crippen molar-refractivity contribution in [2.45, 2.75) is 38.7 Å². The normalized spacial score (nSPS) is 19.1. The molecular weight excluding hydrogens is 480 g/mol. The lowest BCUT2D eigenvalue weighted by Gasteiger charge is -2.19. The number of fused-ring (bicyclic) bond motifs is 1. The second-order valence-corrected chi connectivity index (χ2v) is 8.84. The monoisotopic (exact) mass is 504 g/mol. The molecule has 1 N–H and O–H groups in total. The third-order valence-corrected chi connectivity index (χ3v) is 6.17. The number of aromatic nitrogens is 4. The number of aromatic amines is 1. The Bertz CT molecular complexity index is 1570. The number of carbonyl (C=O) groups excluding carboxylic acids is 2. The molecule has 1 aliphatic rings. The molecule has 2 aromatic carbocycles. The number of aryl methyl sites for hydroxylation is 2. The van der Waals surface area contributed by atoms with Gasteiger partial charge in [0.05, 0.1) is 11.1 Å². The minimum atomic E-state index is -0.937. The quantitative estimate of drug-likeness (QED) is 0.395. The van der Waals surface area contributed by atoms with Crippen LogP contribution in [0.3, 0.4) is 0 Å². The molecule has 0 spiro atoms. The van der Waals surface area contributed by atoms with Gasteiger partial charge >= 0.3 is 23.3 Å². The zero-order valence-corrected chi connectivity index (χ0v) is 20.1. The van der Waals surface area contributed by atoms with E-state index in [-0.39, 0.29) is 18.8 Å². The highest BCUT2D eigenvalue weighted by molar-refractivity contribution is 5.90. The molecule has 1 saturated heterocycles. The van der Waals surface area contributed by atoms with Crippen molar-refractivity contribution in [3.8, 4) is 0 Å². The van der Waals surface area contributed by atoms with Crippen molar-refractivity contribution in [3.05, 3.63) is 104 Å². The van der Waals surface area contributed by atoms with E-state index in [4.69, 9.17) is 14.2 Å². The van der Waals surface area contributed by atoms with Crippen LogP contribution in [-0.4, -0.2) is 49.7 Å². The van der Waals surface area contributed by atoms with Crippen LogP contribution in [0.5, 0.6) is 0 Å². The van der Waals surface area contributed by atoms with Crippen LogP contribution >= 0.6 is 0 Å². The lowest BCUT2D eigenvalue weighted by Crippen LogP contribution is -2.36. The molecule has 4 aromatic rings. The molecule has 3 atom stereocenters. The van der Waals surface area contributed by atoms with Crippen molar-refractivity contribution < 1.29 is 23.8 Å². The first-order valence-electron chi connectivity index (χ1n) is 11.6. The zero-order valence-electron chi connectivity index (χ0n) is 20.1. The standard InChI is InChI=1S/C26H24N4O7/c1-15-3-7-17(8-4-15)22(31)35-14-20-19(37-23(32)18-9-5-16(2)6-10-18)13-21(36-20)30-24-27-11-12-29(24)25(33)28-26(30)34/h3-12,19-21H,13-14H2,1-2H3,(H,28,33,34)/t19-,20+,21+/m0/s1. The van der Waals surface area contributed by atoms with Crippen LogP contribution in [0.1, 0.15) is 44.5 Å². The number of H-pyrrole nitrogens is 1. The van der Waals surface area contributed by atoms with Crippen molar-refractivity contribution in [2.24, 2.45) is 0 Å². The van der Waals surface area contributed by atoms with Gasteiger partial charge in [-0.1, -0.05) is 35.4 Å². The van der Waals surface area contributed by atoms with Crippen molar-refractivity contribution in [1.29, 1.82) is 0 Å². The van der Waals surface area contributed by atoms with Gasteiger partial charge in [0.25, 0.3) is 0 Å². The van der Waals surface area contributed by atoms with E-state index in [1.54, 1.807) is 48.5 Å². The fraction of sp³-hybridized carbons (Fsp3) is 0.269. The van der Waals surface area contributed by atoms with Gasteiger partial charge in [0.2, 0.25) is 5.78 Å². The number of carbonyl (C=O) groups is 2. The molecule has 1 fully saturated rings. The molecule has 190 valence electrons. The second-order valence-electron chi connectivity index (χ2n) is 8.84. The van der Waals surface area contributed by atoms with Gasteiger partial charge in [0.1, 0.15) is 25.0 Å². The summed E-state index contributed by atoms with van der Waals surface area (Å²) in [5.41, 5.74) is 1.33. The van der Waals surface area contributed by atoms with Crippen molar-refractivity contribution in [3.63, 3.8) is 0 Å². The minimum absolute atomic E-state index is 0.0683. The third kappa shape index (κ3) is 4.94. The Labute approximate surface area is 210 Å². The first-order chi connectivity index (χ1) is 17.8. The van der Waals surface area contributed by atoms with E-state index >= 15 is 0 Å². The fourth-order valence-electron chi connectivity index (χ4n) is 4.15. The summed E-state index contributed by atoms with van der Waals surface area (Å²) in [6.45, 7) is 3.59. The number of imidazole rings is 1. The van der Waals surface area contributed by atoms with Crippen molar-refractivity contribution in [2.75, 3.05) is 6.61 Å². The number of ether oxygens (including phenoxy) is 3. The van der Waals surface area contributed by atoms with E-state index in [0.29, 0.717) is 11.1 Å². The Morgan fingerprint density at radius 2 is 1.59 bits per heavy atom. The zero-order chi connectivity index (χ0) is 26.1. The summed E-state index contributed by atoms with van der Waals surface area (Å²) in [4.78, 5) is 56.6. The molecule has 37 heavy (non-hydrogen) atoms. The number of benzene rings is 2. The smallest absolute Gasteiger partial charge is 0.338 e. The van der Waals surface area contributed by atoms with E-state index in [1.165, 1.54) is 21.4 Å². The molecule has 2 aromatic heterocycles. The van der Waals surface area contributed by atoms with E-state index in [2.05, 4.69) is 9.97 Å². The summed E-state index contributed by atoms with van der Waals surface area (Å²) >= 11 is 0. The average Bonchev–Trinajstić information content (AvgIpc) is 3.51. The van der Waals surface area contributed by atoms with E-state index < -0.39 is 41.8 Å². The van der Waals surface area contributed by atoms with Gasteiger partial charge in [-0.25, -0.2) is 33.1 Å². The number of nitrogens with one attached hydrogen (secondary N) is 1. The van der Waals surface area contributed by atoms with Gasteiger partial charge in [-0.15, -0.1) is 0 Å². The maximum Gasteiger partial charge on any atom is 0.338 e. The van der Waals surface area contributed by atoms with Gasteiger partial charge in [-0.05, 0) is 38.1 Å². The number of hydrogen-bond donors (Lipinski definition) is 1. The van der Waals surface area contributed by atoms with Crippen LogP contribution in [0.2, 0.25) is 0 Å². The number of nitrogens with zero attached hydrogens (tertiary/aromatic N) is 3. The largest absolute Gasteiger partial charge is 0.459 e. The predicted molar refractivity (Wildman–Crippen MR) is 130 cm³/mol. The topological polar surface area (TPSA) is 134 Å². The summed E-state index contributed by atoms with van der Waals surface area (Å²) < 4.78 is 19.6. The summed E-state index contributed by atoms with van der Waals surface area (Å²) in [5, 5.41) is 0. The Hall–Kier alpha value is -4.51. The number of hydrogen-bond acceptors (Lipinski definition) is 8. The maximum absolute atomic E-state index is 12.9. The first-order valence-corrected chi connectivity index (χ1v) is 11.6. The molecule has 0 radical (unpaired) electrons. The molecule has 5 rings (SSSR count). The van der Waals surface area contributed by atoms with Crippen molar-refractivity contribution in [1.82, 2.24) is 18.9 Å². The fourth-order valence-corrected chi connectivity index (χ4v) is 4.15. The summed E-state index contributed by atoms with van der Waals surface area (Å²) in [6, 6.07) is 13.8. The van der Waals surface area contributed by atoms with Crippen LogP contribution < -0.4 is 11.4 Å². The molecule has 0 unspecified atom stereocenters. The van der Waals surface area contributed by atoms with Crippen LogP contribution in [0, 0.1) is 13.8 Å². The first kappa shape index (κ1) is 24.2. The predicted octanol–water partition coefficient (Wildman–Crippen LogP) is 2.17. The number of esters is 2. The van der Waals surface area contributed by atoms with Crippen LogP contribution in [-0.2, 0) is 14.2 Å². The minimum Gasteiger partial charge on any atom is -0.459 e. The molecule has 1 aliphatic heterocycles. The third-order valence-electron chi connectivity index (χ3n) is 6.17. The molecule has 0 saturated carbocycles.